The van der Waals surface area contributed by atoms with Gasteiger partial charge in [0, 0.05) is 5.41 Å². The Morgan fingerprint density at radius 2 is 1.32 bits per heavy atom. The van der Waals surface area contributed by atoms with Gasteiger partial charge < -0.3 is 10.2 Å². The third-order valence-electron chi connectivity index (χ3n) is 6.67. The molecule has 0 amide bonds. The van der Waals surface area contributed by atoms with Gasteiger partial charge in [-0.25, -0.2) is 4.79 Å². The van der Waals surface area contributed by atoms with Crippen LogP contribution >= 0.6 is 0 Å². The van der Waals surface area contributed by atoms with Crippen LogP contribution < -0.4 is 0 Å². The van der Waals surface area contributed by atoms with Crippen LogP contribution in [0.25, 0.3) is 0 Å². The monoisotopic (exact) mass is 382 g/mol. The molecule has 0 unspecified atom stereocenters. The van der Waals surface area contributed by atoms with Crippen LogP contribution in [-0.2, 0) is 11.0 Å². The van der Waals surface area contributed by atoms with Gasteiger partial charge in [-0.15, -0.1) is 0 Å². The van der Waals surface area contributed by atoms with Gasteiger partial charge in [0.25, 0.3) is 0 Å². The van der Waals surface area contributed by atoms with Crippen molar-refractivity contribution in [2.24, 2.45) is 0 Å². The molecule has 0 aromatic heterocycles. The number of hydrogen-bond acceptors (Lipinski definition) is 2. The third kappa shape index (κ3) is 3.73. The lowest BCUT2D eigenvalue weighted by molar-refractivity contribution is 0.0277. The lowest BCUT2D eigenvalue weighted by Gasteiger charge is -2.35. The standard InChI is InChI=1S/C25H34O3/c1-7-24(8-2,19-11-13-21(23(26)27)17(5)15-19)20-12-14-22(18(6)16-20)25(28,9-3)10-4/h11-16,28H,7-10H2,1-6H3,(H,26,27). The van der Waals surface area contributed by atoms with E-state index in [1.165, 1.54) is 5.56 Å². The van der Waals surface area contributed by atoms with E-state index in [0.29, 0.717) is 18.4 Å². The van der Waals surface area contributed by atoms with Crippen LogP contribution in [0.5, 0.6) is 0 Å². The second-order valence-corrected chi connectivity index (χ2v) is 7.89. The quantitative estimate of drug-likeness (QED) is 0.578. The van der Waals surface area contributed by atoms with Crippen LogP contribution in [0, 0.1) is 13.8 Å². The Kier molecular flexibility index (Phi) is 6.71. The molecule has 0 bridgehead atoms. The van der Waals surface area contributed by atoms with Gasteiger partial charge in [0.05, 0.1) is 11.2 Å². The maximum absolute atomic E-state index is 11.4. The molecule has 3 heteroatoms. The van der Waals surface area contributed by atoms with E-state index in [9.17, 15) is 15.0 Å². The van der Waals surface area contributed by atoms with Gasteiger partial charge in [0.2, 0.25) is 0 Å². The summed E-state index contributed by atoms with van der Waals surface area (Å²) in [7, 11) is 0. The first kappa shape index (κ1) is 22.2. The van der Waals surface area contributed by atoms with E-state index in [2.05, 4.69) is 39.0 Å². The molecule has 0 atom stereocenters. The zero-order valence-corrected chi connectivity index (χ0v) is 18.1. The Morgan fingerprint density at radius 3 is 1.71 bits per heavy atom. The smallest absolute Gasteiger partial charge is 0.335 e. The molecule has 0 aliphatic heterocycles. The zero-order chi connectivity index (χ0) is 21.1. The molecule has 0 heterocycles. The average Bonchev–Trinajstić information content (AvgIpc) is 2.68. The minimum atomic E-state index is -0.888. The summed E-state index contributed by atoms with van der Waals surface area (Å²) in [5, 5.41) is 20.3. The van der Waals surface area contributed by atoms with E-state index < -0.39 is 11.6 Å². The predicted molar refractivity (Wildman–Crippen MR) is 115 cm³/mol. The van der Waals surface area contributed by atoms with Crippen molar-refractivity contribution in [2.75, 3.05) is 0 Å². The number of aromatic carboxylic acids is 1. The van der Waals surface area contributed by atoms with Crippen LogP contribution in [-0.4, -0.2) is 16.2 Å². The van der Waals surface area contributed by atoms with E-state index in [0.717, 1.165) is 35.1 Å². The number of aliphatic hydroxyl groups is 1. The topological polar surface area (TPSA) is 57.5 Å². The van der Waals surface area contributed by atoms with Crippen LogP contribution in [0.4, 0.5) is 0 Å². The number of carboxylic acid groups (broad SMARTS) is 1. The summed E-state index contributed by atoms with van der Waals surface area (Å²) in [6.07, 6.45) is 3.21. The number of carboxylic acids is 1. The number of rotatable bonds is 8. The fraction of sp³-hybridized carbons (Fsp3) is 0.480. The largest absolute Gasteiger partial charge is 0.478 e. The van der Waals surface area contributed by atoms with Gasteiger partial charge in [-0.1, -0.05) is 58.0 Å². The first-order valence-electron chi connectivity index (χ1n) is 10.4. The van der Waals surface area contributed by atoms with Crippen molar-refractivity contribution in [1.82, 2.24) is 0 Å². The highest BCUT2D eigenvalue weighted by Crippen LogP contribution is 2.41. The molecular formula is C25H34O3. The second-order valence-electron chi connectivity index (χ2n) is 7.89. The molecule has 0 spiro atoms. The molecule has 2 aromatic carbocycles. The van der Waals surface area contributed by atoms with Crippen molar-refractivity contribution in [3.05, 3.63) is 69.8 Å². The highest BCUT2D eigenvalue weighted by molar-refractivity contribution is 5.89. The lowest BCUT2D eigenvalue weighted by Crippen LogP contribution is -2.28. The number of hydrogen-bond donors (Lipinski definition) is 2. The van der Waals surface area contributed by atoms with E-state index in [4.69, 9.17) is 0 Å². The molecule has 0 fully saturated rings. The molecule has 0 saturated carbocycles. The molecule has 2 aromatic rings. The van der Waals surface area contributed by atoms with Gasteiger partial charge in [-0.2, -0.15) is 0 Å². The van der Waals surface area contributed by atoms with Gasteiger partial charge in [-0.05, 0) is 73.4 Å². The molecule has 0 aliphatic carbocycles. The van der Waals surface area contributed by atoms with Gasteiger partial charge in [-0.3, -0.25) is 0 Å². The van der Waals surface area contributed by atoms with Crippen LogP contribution in [0.2, 0.25) is 0 Å². The lowest BCUT2D eigenvalue weighted by atomic mass is 9.69. The molecule has 152 valence electrons. The SMILES string of the molecule is CCC(O)(CC)c1ccc(C(CC)(CC)c2ccc(C(=O)O)c(C)c2)cc1C. The first-order chi connectivity index (χ1) is 13.2. The number of aryl methyl sites for hydroxylation is 2. The zero-order valence-electron chi connectivity index (χ0n) is 18.1. The van der Waals surface area contributed by atoms with Crippen LogP contribution in [0.1, 0.15) is 91.6 Å². The Morgan fingerprint density at radius 1 is 0.821 bits per heavy atom. The van der Waals surface area contributed by atoms with Crippen LogP contribution in [0.3, 0.4) is 0 Å². The predicted octanol–water partition coefficient (Wildman–Crippen LogP) is 6.12. The Labute approximate surface area is 169 Å². The highest BCUT2D eigenvalue weighted by Gasteiger charge is 2.33. The van der Waals surface area contributed by atoms with E-state index >= 15 is 0 Å². The fourth-order valence-corrected chi connectivity index (χ4v) is 4.55. The summed E-state index contributed by atoms with van der Waals surface area (Å²) in [6, 6.07) is 12.1. The molecule has 0 aliphatic rings. The maximum atomic E-state index is 11.4. The van der Waals surface area contributed by atoms with Gasteiger partial charge in [0.1, 0.15) is 0 Å². The van der Waals surface area contributed by atoms with Crippen molar-refractivity contribution in [3.63, 3.8) is 0 Å². The van der Waals surface area contributed by atoms with Crippen molar-refractivity contribution >= 4 is 5.97 Å². The number of benzene rings is 2. The summed E-state index contributed by atoms with van der Waals surface area (Å²) in [4.78, 5) is 11.4. The fourth-order valence-electron chi connectivity index (χ4n) is 4.55. The summed E-state index contributed by atoms with van der Waals surface area (Å²) < 4.78 is 0. The second kappa shape index (κ2) is 8.48. The summed E-state index contributed by atoms with van der Waals surface area (Å²) in [6.45, 7) is 12.3. The molecule has 0 radical (unpaired) electrons. The Balaban J connectivity index is 2.62. The maximum Gasteiger partial charge on any atom is 0.335 e. The molecule has 2 N–H and O–H groups in total. The molecule has 28 heavy (non-hydrogen) atoms. The highest BCUT2D eigenvalue weighted by atomic mass is 16.4. The Bertz CT molecular complexity index is 843. The Hall–Kier alpha value is -2.13. The minimum absolute atomic E-state index is 0.179. The van der Waals surface area contributed by atoms with Crippen molar-refractivity contribution in [3.8, 4) is 0 Å². The van der Waals surface area contributed by atoms with Crippen molar-refractivity contribution in [1.29, 1.82) is 0 Å². The molecular weight excluding hydrogens is 348 g/mol. The van der Waals surface area contributed by atoms with Crippen molar-refractivity contribution < 1.29 is 15.0 Å². The minimum Gasteiger partial charge on any atom is -0.478 e. The van der Waals surface area contributed by atoms with E-state index in [1.54, 1.807) is 6.07 Å². The van der Waals surface area contributed by atoms with Gasteiger partial charge >= 0.3 is 5.97 Å². The number of carbonyl (C=O) groups is 1. The molecule has 3 nitrogen and oxygen atoms in total. The van der Waals surface area contributed by atoms with Gasteiger partial charge in [0.15, 0.2) is 0 Å². The van der Waals surface area contributed by atoms with E-state index in [-0.39, 0.29) is 5.41 Å². The summed E-state index contributed by atoms with van der Waals surface area (Å²) in [5.74, 6) is -0.888. The normalized spacial score (nSPS) is 12.2. The molecule has 2 rings (SSSR count). The van der Waals surface area contributed by atoms with Crippen molar-refractivity contribution in [2.45, 2.75) is 78.2 Å². The first-order valence-corrected chi connectivity index (χ1v) is 10.4. The summed E-state index contributed by atoms with van der Waals surface area (Å²) in [5.41, 5.74) is 4.64. The average molecular weight is 383 g/mol. The molecule has 0 saturated heterocycles. The summed E-state index contributed by atoms with van der Waals surface area (Å²) >= 11 is 0. The van der Waals surface area contributed by atoms with E-state index in [1.807, 2.05) is 32.9 Å². The van der Waals surface area contributed by atoms with Crippen LogP contribution in [0.15, 0.2) is 36.4 Å². The third-order valence-corrected chi connectivity index (χ3v) is 6.67.